The number of benzene rings is 2. The molecule has 3 rings (SSSR count). The van der Waals surface area contributed by atoms with Crippen LogP contribution >= 0.6 is 23.2 Å². The molecule has 0 unspecified atom stereocenters. The van der Waals surface area contributed by atoms with Gasteiger partial charge in [0.15, 0.2) is 0 Å². The van der Waals surface area contributed by atoms with Crippen LogP contribution in [0.2, 0.25) is 10.0 Å². The van der Waals surface area contributed by atoms with Crippen LogP contribution in [0, 0.1) is 5.92 Å². The first-order valence-electron chi connectivity index (χ1n) is 9.51. The Morgan fingerprint density at radius 2 is 1.86 bits per heavy atom. The summed E-state index contributed by atoms with van der Waals surface area (Å²) in [6, 6.07) is 12.2. The van der Waals surface area contributed by atoms with Crippen LogP contribution in [-0.2, 0) is 11.2 Å². The van der Waals surface area contributed by atoms with E-state index >= 15 is 0 Å². The highest BCUT2D eigenvalue weighted by Crippen LogP contribution is 2.29. The van der Waals surface area contributed by atoms with Gasteiger partial charge in [0.05, 0.1) is 16.6 Å². The SMILES string of the molecule is CC(C)[C@H](NC(=O)c1ccc(Cl)cc1Cl)C(=O)N[C@@H]1CCCc2ccccc21. The van der Waals surface area contributed by atoms with Crippen LogP contribution < -0.4 is 10.6 Å². The molecule has 2 atom stereocenters. The van der Waals surface area contributed by atoms with Gasteiger partial charge in [-0.15, -0.1) is 0 Å². The summed E-state index contributed by atoms with van der Waals surface area (Å²) in [5, 5.41) is 6.67. The molecule has 6 heteroatoms. The number of amides is 2. The van der Waals surface area contributed by atoms with Crippen molar-refractivity contribution in [2.45, 2.75) is 45.2 Å². The maximum absolute atomic E-state index is 13.0. The molecule has 0 saturated heterocycles. The molecule has 0 radical (unpaired) electrons. The minimum atomic E-state index is -0.659. The van der Waals surface area contributed by atoms with Gasteiger partial charge in [0.2, 0.25) is 5.91 Å². The minimum absolute atomic E-state index is 0.0327. The van der Waals surface area contributed by atoms with E-state index in [2.05, 4.69) is 22.8 Å². The molecule has 2 N–H and O–H groups in total. The Kier molecular flexibility index (Phi) is 6.63. The zero-order chi connectivity index (χ0) is 20.3. The molecule has 148 valence electrons. The molecule has 0 bridgehead atoms. The first kappa shape index (κ1) is 20.7. The van der Waals surface area contributed by atoms with E-state index in [1.165, 1.54) is 11.6 Å². The van der Waals surface area contributed by atoms with Crippen molar-refractivity contribution in [1.82, 2.24) is 10.6 Å². The number of rotatable bonds is 5. The smallest absolute Gasteiger partial charge is 0.253 e. The van der Waals surface area contributed by atoms with Crippen molar-refractivity contribution in [1.29, 1.82) is 0 Å². The van der Waals surface area contributed by atoms with Crippen LogP contribution in [0.15, 0.2) is 42.5 Å². The predicted octanol–water partition coefficient (Wildman–Crippen LogP) is 4.94. The van der Waals surface area contributed by atoms with Crippen LogP contribution in [0.3, 0.4) is 0 Å². The lowest BCUT2D eigenvalue weighted by atomic mass is 9.87. The quantitative estimate of drug-likeness (QED) is 0.721. The summed E-state index contributed by atoms with van der Waals surface area (Å²) in [6.07, 6.45) is 2.95. The molecule has 4 nitrogen and oxygen atoms in total. The lowest BCUT2D eigenvalue weighted by Gasteiger charge is -2.29. The van der Waals surface area contributed by atoms with Crippen LogP contribution in [0.1, 0.15) is 54.2 Å². The molecule has 2 aromatic carbocycles. The number of hydrogen-bond donors (Lipinski definition) is 2. The van der Waals surface area contributed by atoms with Crippen molar-refractivity contribution in [2.24, 2.45) is 5.92 Å². The number of hydrogen-bond acceptors (Lipinski definition) is 2. The normalized spacial score (nSPS) is 17.0. The summed E-state index contributed by atoms with van der Waals surface area (Å²) in [7, 11) is 0. The zero-order valence-electron chi connectivity index (χ0n) is 16.0. The topological polar surface area (TPSA) is 58.2 Å². The summed E-state index contributed by atoms with van der Waals surface area (Å²) >= 11 is 12.0. The van der Waals surface area contributed by atoms with Gasteiger partial charge in [-0.25, -0.2) is 0 Å². The van der Waals surface area contributed by atoms with Crippen LogP contribution in [0.4, 0.5) is 0 Å². The van der Waals surface area contributed by atoms with E-state index in [-0.39, 0.29) is 28.8 Å². The molecule has 1 aliphatic rings. The molecule has 0 fully saturated rings. The van der Waals surface area contributed by atoms with Crippen molar-refractivity contribution in [2.75, 3.05) is 0 Å². The lowest BCUT2D eigenvalue weighted by molar-refractivity contribution is -0.124. The fraction of sp³-hybridized carbons (Fsp3) is 0.364. The van der Waals surface area contributed by atoms with Crippen LogP contribution in [-0.4, -0.2) is 17.9 Å². The highest BCUT2D eigenvalue weighted by Gasteiger charge is 2.29. The third-order valence-electron chi connectivity index (χ3n) is 5.10. The highest BCUT2D eigenvalue weighted by molar-refractivity contribution is 6.36. The number of carbonyl (C=O) groups is 2. The molecule has 2 amide bonds. The Balaban J connectivity index is 1.74. The van der Waals surface area contributed by atoms with Gasteiger partial charge in [0.25, 0.3) is 5.91 Å². The second-order valence-corrected chi connectivity index (χ2v) is 8.32. The number of carbonyl (C=O) groups excluding carboxylic acids is 2. The van der Waals surface area contributed by atoms with E-state index in [9.17, 15) is 9.59 Å². The van der Waals surface area contributed by atoms with Crippen molar-refractivity contribution < 1.29 is 9.59 Å². The van der Waals surface area contributed by atoms with E-state index in [1.54, 1.807) is 12.1 Å². The van der Waals surface area contributed by atoms with Crippen molar-refractivity contribution in [3.63, 3.8) is 0 Å². The van der Waals surface area contributed by atoms with Crippen molar-refractivity contribution >= 4 is 35.0 Å². The molecule has 28 heavy (non-hydrogen) atoms. The highest BCUT2D eigenvalue weighted by atomic mass is 35.5. The van der Waals surface area contributed by atoms with E-state index in [4.69, 9.17) is 23.2 Å². The molecule has 0 heterocycles. The standard InChI is InChI=1S/C22H24Cl2N2O2/c1-13(2)20(26-21(27)17-11-10-15(23)12-18(17)24)22(28)25-19-9-5-7-14-6-3-4-8-16(14)19/h3-4,6,8,10-13,19-20H,5,7,9H2,1-2H3,(H,25,28)(H,26,27)/t19-,20+/m1/s1. The number of fused-ring (bicyclic) bond motifs is 1. The Morgan fingerprint density at radius 1 is 1.11 bits per heavy atom. The largest absolute Gasteiger partial charge is 0.347 e. The van der Waals surface area contributed by atoms with Crippen LogP contribution in [0.5, 0.6) is 0 Å². The zero-order valence-corrected chi connectivity index (χ0v) is 17.5. The van der Waals surface area contributed by atoms with Gasteiger partial charge in [-0.05, 0) is 54.5 Å². The van der Waals surface area contributed by atoms with Gasteiger partial charge >= 0.3 is 0 Å². The average molecular weight is 419 g/mol. The summed E-state index contributed by atoms with van der Waals surface area (Å²) in [5.74, 6) is -0.649. The Bertz CT molecular complexity index is 883. The lowest BCUT2D eigenvalue weighted by Crippen LogP contribution is -2.50. The van der Waals surface area contributed by atoms with Crippen molar-refractivity contribution in [3.8, 4) is 0 Å². The predicted molar refractivity (Wildman–Crippen MR) is 113 cm³/mol. The maximum Gasteiger partial charge on any atom is 0.253 e. The molecule has 1 aliphatic carbocycles. The fourth-order valence-electron chi connectivity index (χ4n) is 3.59. The first-order chi connectivity index (χ1) is 13.4. The summed E-state index contributed by atoms with van der Waals surface area (Å²) in [5.41, 5.74) is 2.74. The van der Waals surface area contributed by atoms with Gasteiger partial charge in [0, 0.05) is 5.02 Å². The summed E-state index contributed by atoms with van der Waals surface area (Å²) in [6.45, 7) is 3.81. The molecule has 0 aliphatic heterocycles. The summed E-state index contributed by atoms with van der Waals surface area (Å²) in [4.78, 5) is 25.7. The Hall–Kier alpha value is -2.04. The summed E-state index contributed by atoms with van der Waals surface area (Å²) < 4.78 is 0. The number of halogens is 2. The number of nitrogens with one attached hydrogen (secondary N) is 2. The molecular weight excluding hydrogens is 395 g/mol. The van der Waals surface area contributed by atoms with Crippen molar-refractivity contribution in [3.05, 3.63) is 69.2 Å². The number of aryl methyl sites for hydroxylation is 1. The third kappa shape index (κ3) is 4.68. The Labute approximate surface area is 175 Å². The monoisotopic (exact) mass is 418 g/mol. The fourth-order valence-corrected chi connectivity index (χ4v) is 4.09. The van der Waals surface area contributed by atoms with E-state index < -0.39 is 6.04 Å². The molecule has 0 saturated carbocycles. The second kappa shape index (κ2) is 8.97. The molecular formula is C22H24Cl2N2O2. The maximum atomic E-state index is 13.0. The van der Waals surface area contributed by atoms with E-state index in [0.717, 1.165) is 24.8 Å². The van der Waals surface area contributed by atoms with Gasteiger partial charge in [-0.3, -0.25) is 9.59 Å². The van der Waals surface area contributed by atoms with E-state index in [0.29, 0.717) is 10.6 Å². The van der Waals surface area contributed by atoms with Crippen LogP contribution in [0.25, 0.3) is 0 Å². The molecule has 2 aromatic rings. The van der Waals surface area contributed by atoms with E-state index in [1.807, 2.05) is 26.0 Å². The van der Waals surface area contributed by atoms with Gasteiger partial charge < -0.3 is 10.6 Å². The molecule has 0 aromatic heterocycles. The third-order valence-corrected chi connectivity index (χ3v) is 5.65. The molecule has 0 spiro atoms. The minimum Gasteiger partial charge on any atom is -0.347 e. The van der Waals surface area contributed by atoms with Gasteiger partial charge in [-0.1, -0.05) is 61.3 Å². The van der Waals surface area contributed by atoms with Gasteiger partial charge in [0.1, 0.15) is 6.04 Å². The average Bonchev–Trinajstić information content (AvgIpc) is 2.66. The Morgan fingerprint density at radius 3 is 2.57 bits per heavy atom. The second-order valence-electron chi connectivity index (χ2n) is 7.47. The van der Waals surface area contributed by atoms with Gasteiger partial charge in [-0.2, -0.15) is 0 Å². The first-order valence-corrected chi connectivity index (χ1v) is 10.3.